The third-order valence-electron chi connectivity index (χ3n) is 5.42. The van der Waals surface area contributed by atoms with Gasteiger partial charge in [0.1, 0.15) is 11.6 Å². The smallest absolute Gasteiger partial charge is 0.223 e. The van der Waals surface area contributed by atoms with Crippen molar-refractivity contribution in [2.75, 3.05) is 32.7 Å². The predicted molar refractivity (Wildman–Crippen MR) is 108 cm³/mol. The summed E-state index contributed by atoms with van der Waals surface area (Å²) in [6.07, 6.45) is 3.93. The van der Waals surface area contributed by atoms with Crippen LogP contribution in [0.15, 0.2) is 0 Å². The van der Waals surface area contributed by atoms with Crippen molar-refractivity contribution in [3.63, 3.8) is 0 Å². The molecule has 0 saturated carbocycles. The van der Waals surface area contributed by atoms with Crippen LogP contribution in [0, 0.1) is 0 Å². The number of aliphatic hydroxyl groups excluding tert-OH is 1. The first-order valence-electron chi connectivity index (χ1n) is 9.35. The highest BCUT2D eigenvalue weighted by molar-refractivity contribution is 5.85. The summed E-state index contributed by atoms with van der Waals surface area (Å²) in [5.74, 6) is 2.31. The lowest BCUT2D eigenvalue weighted by Gasteiger charge is -2.32. The molecule has 2 saturated heterocycles. The maximum absolute atomic E-state index is 12.1. The molecule has 3 rings (SSSR count). The van der Waals surface area contributed by atoms with Crippen molar-refractivity contribution in [1.29, 1.82) is 0 Å². The normalized spacial score (nSPS) is 21.4. The first-order chi connectivity index (χ1) is 12.1. The lowest BCUT2D eigenvalue weighted by Crippen LogP contribution is -2.40. The average molecular weight is 423 g/mol. The fourth-order valence-electron chi connectivity index (χ4n) is 3.84. The molecule has 2 aliphatic heterocycles. The van der Waals surface area contributed by atoms with Crippen molar-refractivity contribution in [3.05, 3.63) is 11.6 Å². The summed E-state index contributed by atoms with van der Waals surface area (Å²) < 4.78 is 2.09. The van der Waals surface area contributed by atoms with Crippen LogP contribution in [0.3, 0.4) is 0 Å². The summed E-state index contributed by atoms with van der Waals surface area (Å²) in [7, 11) is 2.02. The number of aromatic nitrogens is 3. The third-order valence-corrected chi connectivity index (χ3v) is 5.42. The third kappa shape index (κ3) is 6.02. The topological polar surface area (TPSA) is 101 Å². The number of carbonyl (C=O) groups excluding carboxylic acids is 1. The van der Waals surface area contributed by atoms with E-state index < -0.39 is 0 Å². The molecule has 1 aromatic rings. The summed E-state index contributed by atoms with van der Waals surface area (Å²) in [4.78, 5) is 16.4. The number of likely N-dealkylation sites (tertiary alicyclic amines) is 2. The quantitative estimate of drug-likeness (QED) is 0.722. The number of hydrogen-bond acceptors (Lipinski definition) is 6. The molecule has 0 aromatic carbocycles. The minimum Gasteiger partial charge on any atom is -0.393 e. The molecule has 0 aliphatic carbocycles. The number of halogens is 2. The standard InChI is InChI=1S/C17H30N6O2.2ClH/c1-21-15(12-22-9-5-14(24)6-10-22)19-20-17(21)13-3-2-8-23(11-13)16(25)4-7-18;;/h13-14,24H,2-12,18H2,1H3;2*1H. The summed E-state index contributed by atoms with van der Waals surface area (Å²) >= 11 is 0. The van der Waals surface area contributed by atoms with E-state index in [1.54, 1.807) is 0 Å². The highest BCUT2D eigenvalue weighted by Crippen LogP contribution is 2.26. The maximum atomic E-state index is 12.1. The van der Waals surface area contributed by atoms with Gasteiger partial charge in [0.2, 0.25) is 5.91 Å². The van der Waals surface area contributed by atoms with E-state index in [-0.39, 0.29) is 42.7 Å². The van der Waals surface area contributed by atoms with Gasteiger partial charge in [0, 0.05) is 52.1 Å². The molecule has 0 spiro atoms. The Morgan fingerprint density at radius 2 is 1.89 bits per heavy atom. The Hall–Kier alpha value is -0.930. The molecule has 0 radical (unpaired) electrons. The summed E-state index contributed by atoms with van der Waals surface area (Å²) in [6, 6.07) is 0. The van der Waals surface area contributed by atoms with E-state index in [2.05, 4.69) is 19.7 Å². The van der Waals surface area contributed by atoms with Gasteiger partial charge in [0.15, 0.2) is 0 Å². The first kappa shape index (κ1) is 24.1. The van der Waals surface area contributed by atoms with E-state index in [9.17, 15) is 9.90 Å². The van der Waals surface area contributed by atoms with Gasteiger partial charge >= 0.3 is 0 Å². The Labute approximate surface area is 173 Å². The van der Waals surface area contributed by atoms with Crippen LogP contribution in [0.1, 0.15) is 49.7 Å². The van der Waals surface area contributed by atoms with Gasteiger partial charge in [-0.2, -0.15) is 0 Å². The van der Waals surface area contributed by atoms with Crippen molar-refractivity contribution in [2.45, 2.75) is 50.7 Å². The number of amides is 1. The second kappa shape index (κ2) is 11.2. The highest BCUT2D eigenvalue weighted by atomic mass is 35.5. The first-order valence-corrected chi connectivity index (χ1v) is 9.35. The molecular formula is C17H32Cl2N6O2. The van der Waals surface area contributed by atoms with Crippen LogP contribution >= 0.6 is 24.8 Å². The second-order valence-electron chi connectivity index (χ2n) is 7.26. The SMILES string of the molecule is Cl.Cl.Cn1c(CN2CCC(O)CC2)nnc1C1CCCN(C(=O)CCN)C1. The van der Waals surface area contributed by atoms with Gasteiger partial charge in [-0.15, -0.1) is 35.0 Å². The summed E-state index contributed by atoms with van der Waals surface area (Å²) in [6.45, 7) is 4.48. The van der Waals surface area contributed by atoms with Crippen molar-refractivity contribution >= 4 is 30.7 Å². The molecular weight excluding hydrogens is 391 g/mol. The van der Waals surface area contributed by atoms with E-state index in [0.717, 1.165) is 63.5 Å². The maximum Gasteiger partial charge on any atom is 0.223 e. The second-order valence-corrected chi connectivity index (χ2v) is 7.26. The molecule has 0 bridgehead atoms. The van der Waals surface area contributed by atoms with E-state index in [1.807, 2.05) is 11.9 Å². The molecule has 2 fully saturated rings. The Kier molecular flexibility index (Phi) is 9.97. The fourth-order valence-corrected chi connectivity index (χ4v) is 3.84. The number of hydrogen-bond donors (Lipinski definition) is 2. The van der Waals surface area contributed by atoms with E-state index in [1.165, 1.54) is 0 Å². The molecule has 8 nitrogen and oxygen atoms in total. The van der Waals surface area contributed by atoms with Gasteiger partial charge in [-0.3, -0.25) is 9.69 Å². The Bertz CT molecular complexity index is 592. The molecule has 156 valence electrons. The summed E-state index contributed by atoms with van der Waals surface area (Å²) in [5, 5.41) is 18.5. The van der Waals surface area contributed by atoms with Crippen LogP contribution in [0.25, 0.3) is 0 Å². The Morgan fingerprint density at radius 1 is 1.19 bits per heavy atom. The number of aliphatic hydroxyl groups is 1. The van der Waals surface area contributed by atoms with E-state index >= 15 is 0 Å². The van der Waals surface area contributed by atoms with Gasteiger partial charge in [0.05, 0.1) is 12.6 Å². The van der Waals surface area contributed by atoms with E-state index in [0.29, 0.717) is 19.5 Å². The molecule has 1 aromatic heterocycles. The predicted octanol–water partition coefficient (Wildman–Crippen LogP) is 0.670. The molecule has 1 unspecified atom stereocenters. The van der Waals surface area contributed by atoms with Crippen LogP contribution in [-0.4, -0.2) is 74.4 Å². The molecule has 3 heterocycles. The van der Waals surface area contributed by atoms with Crippen LogP contribution < -0.4 is 5.73 Å². The van der Waals surface area contributed by atoms with Gasteiger partial charge in [-0.1, -0.05) is 0 Å². The van der Waals surface area contributed by atoms with E-state index in [4.69, 9.17) is 5.73 Å². The molecule has 10 heteroatoms. The number of nitrogens with zero attached hydrogens (tertiary/aromatic N) is 5. The van der Waals surface area contributed by atoms with Crippen LogP contribution in [0.2, 0.25) is 0 Å². The largest absolute Gasteiger partial charge is 0.393 e. The minimum absolute atomic E-state index is 0. The van der Waals surface area contributed by atoms with Gasteiger partial charge in [-0.25, -0.2) is 0 Å². The van der Waals surface area contributed by atoms with Gasteiger partial charge in [0.25, 0.3) is 0 Å². The average Bonchev–Trinajstić information content (AvgIpc) is 2.98. The Morgan fingerprint density at radius 3 is 2.56 bits per heavy atom. The number of piperidine rings is 2. The lowest BCUT2D eigenvalue weighted by molar-refractivity contribution is -0.132. The number of nitrogens with two attached hydrogens (primary N) is 1. The zero-order valence-corrected chi connectivity index (χ0v) is 17.6. The van der Waals surface area contributed by atoms with Crippen molar-refractivity contribution in [1.82, 2.24) is 24.6 Å². The zero-order chi connectivity index (χ0) is 17.8. The molecule has 3 N–H and O–H groups in total. The fraction of sp³-hybridized carbons (Fsp3) is 0.824. The molecule has 27 heavy (non-hydrogen) atoms. The number of rotatable bonds is 5. The van der Waals surface area contributed by atoms with Crippen molar-refractivity contribution < 1.29 is 9.90 Å². The number of carbonyl (C=O) groups is 1. The molecule has 1 amide bonds. The molecule has 1 atom stereocenters. The van der Waals surface area contributed by atoms with Gasteiger partial charge in [-0.05, 0) is 25.7 Å². The lowest BCUT2D eigenvalue weighted by atomic mass is 9.97. The zero-order valence-electron chi connectivity index (χ0n) is 15.9. The molecule has 2 aliphatic rings. The monoisotopic (exact) mass is 422 g/mol. The summed E-state index contributed by atoms with van der Waals surface area (Å²) in [5.41, 5.74) is 5.51. The highest BCUT2D eigenvalue weighted by Gasteiger charge is 2.28. The van der Waals surface area contributed by atoms with Crippen LogP contribution in [0.4, 0.5) is 0 Å². The van der Waals surface area contributed by atoms with Gasteiger partial charge < -0.3 is 20.3 Å². The van der Waals surface area contributed by atoms with Crippen molar-refractivity contribution in [3.8, 4) is 0 Å². The minimum atomic E-state index is -0.161. The van der Waals surface area contributed by atoms with Crippen LogP contribution in [-0.2, 0) is 18.4 Å². The van der Waals surface area contributed by atoms with Crippen LogP contribution in [0.5, 0.6) is 0 Å². The Balaban J connectivity index is 0.00000182. The van der Waals surface area contributed by atoms with Crippen molar-refractivity contribution in [2.24, 2.45) is 12.8 Å².